The van der Waals surface area contributed by atoms with E-state index >= 15 is 0 Å². The lowest BCUT2D eigenvalue weighted by Crippen LogP contribution is -2.24. The van der Waals surface area contributed by atoms with Crippen molar-refractivity contribution < 1.29 is 23.5 Å². The fraction of sp³-hybridized carbons (Fsp3) is 0.167. The molecule has 3 aromatic rings. The smallest absolute Gasteiger partial charge is 0.255 e. The van der Waals surface area contributed by atoms with Crippen molar-refractivity contribution in [2.75, 3.05) is 13.7 Å². The average molecular weight is 422 g/mol. The van der Waals surface area contributed by atoms with Gasteiger partial charge < -0.3 is 20.5 Å². The second-order valence-corrected chi connectivity index (χ2v) is 6.98. The summed E-state index contributed by atoms with van der Waals surface area (Å²) >= 11 is 0. The van der Waals surface area contributed by atoms with Gasteiger partial charge in [0.15, 0.2) is 18.1 Å². The predicted molar refractivity (Wildman–Crippen MR) is 115 cm³/mol. The van der Waals surface area contributed by atoms with Gasteiger partial charge in [-0.15, -0.1) is 0 Å². The van der Waals surface area contributed by atoms with E-state index in [1.54, 1.807) is 24.3 Å². The Kier molecular flexibility index (Phi) is 6.87. The molecule has 3 aromatic carbocycles. The lowest BCUT2D eigenvalue weighted by Gasteiger charge is -2.12. The molecule has 0 spiro atoms. The van der Waals surface area contributed by atoms with Crippen molar-refractivity contribution in [1.82, 2.24) is 5.32 Å². The molecule has 7 heteroatoms. The maximum atomic E-state index is 14.6. The number of halogens is 1. The second kappa shape index (κ2) is 9.75. The van der Waals surface area contributed by atoms with Gasteiger partial charge in [-0.1, -0.05) is 42.0 Å². The Labute approximate surface area is 179 Å². The van der Waals surface area contributed by atoms with Crippen LogP contribution in [0.3, 0.4) is 0 Å². The van der Waals surface area contributed by atoms with E-state index in [9.17, 15) is 14.0 Å². The van der Waals surface area contributed by atoms with Gasteiger partial charge in [0.05, 0.1) is 12.7 Å². The highest BCUT2D eigenvalue weighted by atomic mass is 19.1. The quantitative estimate of drug-likeness (QED) is 0.580. The number of nitrogens with two attached hydrogens (primary N) is 1. The maximum Gasteiger partial charge on any atom is 0.255 e. The van der Waals surface area contributed by atoms with Crippen molar-refractivity contribution >= 4 is 11.8 Å². The molecule has 0 heterocycles. The van der Waals surface area contributed by atoms with Crippen LogP contribution in [0.2, 0.25) is 0 Å². The summed E-state index contributed by atoms with van der Waals surface area (Å²) in [5.74, 6) is -0.978. The summed E-state index contributed by atoms with van der Waals surface area (Å²) in [4.78, 5) is 23.3. The number of methoxy groups -OCH3 is 1. The highest BCUT2D eigenvalue weighted by Gasteiger charge is 2.14. The lowest BCUT2D eigenvalue weighted by molar-refractivity contribution is -0.119. The first-order chi connectivity index (χ1) is 14.9. The molecular weight excluding hydrogens is 399 g/mol. The minimum absolute atomic E-state index is 0.0377. The molecule has 3 N–H and O–H groups in total. The Morgan fingerprint density at radius 2 is 1.68 bits per heavy atom. The van der Waals surface area contributed by atoms with Crippen LogP contribution in [0.5, 0.6) is 11.5 Å². The summed E-state index contributed by atoms with van der Waals surface area (Å²) in [6, 6.07) is 17.2. The third kappa shape index (κ3) is 5.60. The van der Waals surface area contributed by atoms with E-state index in [1.807, 2.05) is 31.2 Å². The molecule has 0 fully saturated rings. The van der Waals surface area contributed by atoms with Gasteiger partial charge in [-0.25, -0.2) is 4.39 Å². The van der Waals surface area contributed by atoms with Gasteiger partial charge in [0.2, 0.25) is 0 Å². The van der Waals surface area contributed by atoms with E-state index in [0.717, 1.165) is 11.1 Å². The summed E-state index contributed by atoms with van der Waals surface area (Å²) in [6.07, 6.45) is 0. The molecule has 160 valence electrons. The molecule has 0 unspecified atom stereocenters. The molecule has 0 radical (unpaired) electrons. The number of nitrogens with one attached hydrogen (secondary N) is 1. The lowest BCUT2D eigenvalue weighted by atomic mass is 10.0. The molecule has 0 aliphatic heterocycles. The van der Waals surface area contributed by atoms with Crippen molar-refractivity contribution in [3.8, 4) is 22.6 Å². The molecule has 0 saturated carbocycles. The highest BCUT2D eigenvalue weighted by molar-refractivity contribution is 5.95. The van der Waals surface area contributed by atoms with Crippen LogP contribution in [0.25, 0.3) is 11.1 Å². The Hall–Kier alpha value is -3.87. The molecule has 0 saturated heterocycles. The van der Waals surface area contributed by atoms with Gasteiger partial charge in [0, 0.05) is 6.54 Å². The number of amides is 2. The van der Waals surface area contributed by atoms with Crippen molar-refractivity contribution in [3.63, 3.8) is 0 Å². The molecule has 0 aliphatic carbocycles. The standard InChI is InChI=1S/C24H23FN2O4/c1-15-3-6-17(7-4-15)18-8-9-19(20(25)12-18)24(29)27-13-16-5-10-21(22(11-16)30-2)31-14-23(26)28/h3-12H,13-14H2,1-2H3,(H2,26,28)(H,27,29). The number of hydrogen-bond donors (Lipinski definition) is 2. The van der Waals surface area contributed by atoms with E-state index in [-0.39, 0.29) is 18.7 Å². The maximum absolute atomic E-state index is 14.6. The number of carbonyl (C=O) groups excluding carboxylic acids is 2. The Bertz CT molecular complexity index is 1100. The number of carbonyl (C=O) groups is 2. The molecule has 2 amide bonds. The number of aryl methyl sites for hydroxylation is 1. The fourth-order valence-corrected chi connectivity index (χ4v) is 2.99. The molecule has 3 rings (SSSR count). The Morgan fingerprint density at radius 3 is 2.32 bits per heavy atom. The van der Waals surface area contributed by atoms with Gasteiger partial charge in [-0.3, -0.25) is 9.59 Å². The number of ether oxygens (including phenoxy) is 2. The molecular formula is C24H23FN2O4. The van der Waals surface area contributed by atoms with E-state index in [2.05, 4.69) is 5.32 Å². The highest BCUT2D eigenvalue weighted by Crippen LogP contribution is 2.28. The summed E-state index contributed by atoms with van der Waals surface area (Å²) in [5.41, 5.74) is 8.45. The SMILES string of the molecule is COc1cc(CNC(=O)c2ccc(-c3ccc(C)cc3)cc2F)ccc1OCC(N)=O. The van der Waals surface area contributed by atoms with E-state index in [4.69, 9.17) is 15.2 Å². The number of primary amides is 1. The summed E-state index contributed by atoms with van der Waals surface area (Å²) in [6.45, 7) is 1.86. The molecule has 0 bridgehead atoms. The first-order valence-electron chi connectivity index (χ1n) is 9.60. The van der Waals surface area contributed by atoms with Crippen LogP contribution in [0.1, 0.15) is 21.5 Å². The van der Waals surface area contributed by atoms with Gasteiger partial charge in [-0.2, -0.15) is 0 Å². The zero-order valence-electron chi connectivity index (χ0n) is 17.3. The largest absolute Gasteiger partial charge is 0.493 e. The van der Waals surface area contributed by atoms with E-state index in [0.29, 0.717) is 22.6 Å². The fourth-order valence-electron chi connectivity index (χ4n) is 2.99. The minimum Gasteiger partial charge on any atom is -0.493 e. The van der Waals surface area contributed by atoms with Crippen LogP contribution < -0.4 is 20.5 Å². The topological polar surface area (TPSA) is 90.7 Å². The van der Waals surface area contributed by atoms with Crippen molar-refractivity contribution in [3.05, 3.63) is 83.2 Å². The van der Waals surface area contributed by atoms with Crippen LogP contribution in [0.4, 0.5) is 4.39 Å². The molecule has 0 atom stereocenters. The van der Waals surface area contributed by atoms with Gasteiger partial charge in [0.25, 0.3) is 11.8 Å². The van der Waals surface area contributed by atoms with Crippen molar-refractivity contribution in [2.24, 2.45) is 5.73 Å². The number of rotatable bonds is 8. The van der Waals surface area contributed by atoms with Crippen molar-refractivity contribution in [1.29, 1.82) is 0 Å². The third-order valence-corrected chi connectivity index (χ3v) is 4.65. The van der Waals surface area contributed by atoms with Crippen LogP contribution in [0, 0.1) is 12.7 Å². The first-order valence-corrected chi connectivity index (χ1v) is 9.60. The molecule has 0 aromatic heterocycles. The van der Waals surface area contributed by atoms with Crippen LogP contribution in [0.15, 0.2) is 60.7 Å². The zero-order valence-corrected chi connectivity index (χ0v) is 17.3. The summed E-state index contributed by atoms with van der Waals surface area (Å²) in [7, 11) is 1.46. The van der Waals surface area contributed by atoms with Crippen LogP contribution >= 0.6 is 0 Å². The van der Waals surface area contributed by atoms with Crippen LogP contribution in [-0.4, -0.2) is 25.5 Å². The Balaban J connectivity index is 1.67. The summed E-state index contributed by atoms with van der Waals surface area (Å²) in [5, 5.41) is 2.69. The summed E-state index contributed by atoms with van der Waals surface area (Å²) < 4.78 is 25.1. The predicted octanol–water partition coefficient (Wildman–Crippen LogP) is 3.60. The van der Waals surface area contributed by atoms with Crippen molar-refractivity contribution in [2.45, 2.75) is 13.5 Å². The van der Waals surface area contributed by atoms with Gasteiger partial charge in [-0.05, 0) is 47.9 Å². The Morgan fingerprint density at radius 1 is 0.968 bits per heavy atom. The molecule has 31 heavy (non-hydrogen) atoms. The zero-order chi connectivity index (χ0) is 22.4. The number of benzene rings is 3. The van der Waals surface area contributed by atoms with E-state index < -0.39 is 17.6 Å². The monoisotopic (exact) mass is 422 g/mol. The average Bonchev–Trinajstić information content (AvgIpc) is 2.76. The molecule has 6 nitrogen and oxygen atoms in total. The van der Waals surface area contributed by atoms with Gasteiger partial charge >= 0.3 is 0 Å². The molecule has 0 aliphatic rings. The normalized spacial score (nSPS) is 10.4. The van der Waals surface area contributed by atoms with Gasteiger partial charge in [0.1, 0.15) is 5.82 Å². The van der Waals surface area contributed by atoms with Crippen LogP contribution in [-0.2, 0) is 11.3 Å². The second-order valence-electron chi connectivity index (χ2n) is 6.98. The number of hydrogen-bond acceptors (Lipinski definition) is 4. The first kappa shape index (κ1) is 21.8. The minimum atomic E-state index is -0.603. The third-order valence-electron chi connectivity index (χ3n) is 4.65. The van der Waals surface area contributed by atoms with E-state index in [1.165, 1.54) is 19.2 Å².